The van der Waals surface area contributed by atoms with Crippen LogP contribution in [-0.2, 0) is 6.54 Å². The van der Waals surface area contributed by atoms with Gasteiger partial charge in [-0.2, -0.15) is 0 Å². The first-order chi connectivity index (χ1) is 9.11. The Morgan fingerprint density at radius 3 is 2.74 bits per heavy atom. The van der Waals surface area contributed by atoms with Gasteiger partial charge in [-0.15, -0.1) is 0 Å². The van der Waals surface area contributed by atoms with Crippen LogP contribution in [0.5, 0.6) is 0 Å². The molecule has 0 unspecified atom stereocenters. The molecule has 0 saturated carbocycles. The normalized spacial score (nSPS) is 19.8. The maximum Gasteiger partial charge on any atom is 0.318 e. The molecule has 2 aliphatic rings. The van der Waals surface area contributed by atoms with Crippen LogP contribution in [0.25, 0.3) is 0 Å². The molecule has 1 aromatic carbocycles. The fourth-order valence-electron chi connectivity index (χ4n) is 2.57. The molecule has 0 bridgehead atoms. The van der Waals surface area contributed by atoms with Gasteiger partial charge in [0.25, 0.3) is 0 Å². The molecule has 2 N–H and O–H groups in total. The van der Waals surface area contributed by atoms with E-state index in [1.807, 2.05) is 11.0 Å². The fraction of sp³-hybridized carbons (Fsp3) is 0.462. The van der Waals surface area contributed by atoms with Crippen molar-refractivity contribution in [3.63, 3.8) is 0 Å². The lowest BCUT2D eigenvalue weighted by atomic mass is 9.79. The molecule has 2 aliphatic heterocycles. The van der Waals surface area contributed by atoms with Gasteiger partial charge in [0.1, 0.15) is 0 Å². The second-order valence-corrected chi connectivity index (χ2v) is 5.97. The van der Waals surface area contributed by atoms with E-state index in [0.29, 0.717) is 16.6 Å². The fourth-order valence-corrected chi connectivity index (χ4v) is 3.04. The van der Waals surface area contributed by atoms with Crippen LogP contribution in [0, 0.1) is 0 Å². The topological polar surface area (TPSA) is 44.4 Å². The first-order valence-corrected chi connectivity index (χ1v) is 7.06. The van der Waals surface area contributed by atoms with Crippen LogP contribution in [0.15, 0.2) is 18.2 Å². The molecule has 102 valence electrons. The molecular formula is C13H15Cl2N3O. The lowest BCUT2D eigenvalue weighted by Crippen LogP contribution is -2.77. The van der Waals surface area contributed by atoms with E-state index in [-0.39, 0.29) is 11.6 Å². The third kappa shape index (κ3) is 2.29. The van der Waals surface area contributed by atoms with E-state index >= 15 is 0 Å². The zero-order valence-electron chi connectivity index (χ0n) is 10.4. The van der Waals surface area contributed by atoms with Gasteiger partial charge in [-0.25, -0.2) is 4.79 Å². The summed E-state index contributed by atoms with van der Waals surface area (Å²) in [5, 5.41) is 7.32. The van der Waals surface area contributed by atoms with Crippen LogP contribution in [0.2, 0.25) is 10.0 Å². The number of urea groups is 1. The van der Waals surface area contributed by atoms with E-state index in [2.05, 4.69) is 10.6 Å². The molecule has 0 aliphatic carbocycles. The molecule has 0 atom stereocenters. The van der Waals surface area contributed by atoms with Crippen LogP contribution < -0.4 is 10.6 Å². The highest BCUT2D eigenvalue weighted by atomic mass is 35.5. The van der Waals surface area contributed by atoms with Crippen molar-refractivity contribution >= 4 is 29.2 Å². The molecule has 2 fully saturated rings. The maximum atomic E-state index is 12.1. The molecule has 0 radical (unpaired) electrons. The average molecular weight is 300 g/mol. The summed E-state index contributed by atoms with van der Waals surface area (Å²) in [7, 11) is 0. The third-order valence-electron chi connectivity index (χ3n) is 3.97. The lowest BCUT2D eigenvalue weighted by Gasteiger charge is -2.58. The number of halogens is 2. The number of hydrogen-bond donors (Lipinski definition) is 2. The summed E-state index contributed by atoms with van der Waals surface area (Å²) in [5.74, 6) is 0. The molecule has 3 rings (SSSR count). The summed E-state index contributed by atoms with van der Waals surface area (Å²) in [6.45, 7) is 3.07. The number of nitrogens with one attached hydrogen (secondary N) is 2. The van der Waals surface area contributed by atoms with Crippen molar-refractivity contribution in [2.24, 2.45) is 0 Å². The van der Waals surface area contributed by atoms with Crippen LogP contribution >= 0.6 is 23.2 Å². The number of carbonyl (C=O) groups is 1. The second-order valence-electron chi connectivity index (χ2n) is 5.12. The quantitative estimate of drug-likeness (QED) is 0.880. The summed E-state index contributed by atoms with van der Waals surface area (Å²) in [4.78, 5) is 14.0. The Morgan fingerprint density at radius 1 is 1.42 bits per heavy atom. The molecule has 1 aromatic rings. The first kappa shape index (κ1) is 13.0. The smallest absolute Gasteiger partial charge is 0.318 e. The van der Waals surface area contributed by atoms with E-state index in [4.69, 9.17) is 23.2 Å². The van der Waals surface area contributed by atoms with Gasteiger partial charge in [0.05, 0.1) is 5.54 Å². The zero-order chi connectivity index (χ0) is 13.5. The summed E-state index contributed by atoms with van der Waals surface area (Å²) >= 11 is 11.9. The molecule has 2 heterocycles. The van der Waals surface area contributed by atoms with E-state index in [9.17, 15) is 4.79 Å². The molecule has 6 heteroatoms. The van der Waals surface area contributed by atoms with E-state index in [1.165, 1.54) is 0 Å². The molecule has 0 aromatic heterocycles. The van der Waals surface area contributed by atoms with Crippen molar-refractivity contribution in [3.05, 3.63) is 33.8 Å². The minimum absolute atomic E-state index is 0.0150. The second kappa shape index (κ2) is 4.85. The lowest BCUT2D eigenvalue weighted by molar-refractivity contribution is -0.0166. The van der Waals surface area contributed by atoms with Crippen LogP contribution in [0.3, 0.4) is 0 Å². The SMILES string of the molecule is O=C(NCc1ccc(Cl)cc1Cl)N1CCC12CNC2. The van der Waals surface area contributed by atoms with Crippen molar-refractivity contribution in [2.75, 3.05) is 19.6 Å². The van der Waals surface area contributed by atoms with E-state index in [1.54, 1.807) is 12.1 Å². The Kier molecular flexibility index (Phi) is 3.33. The van der Waals surface area contributed by atoms with Gasteiger partial charge in [0.15, 0.2) is 0 Å². The number of hydrogen-bond acceptors (Lipinski definition) is 2. The summed E-state index contributed by atoms with van der Waals surface area (Å²) in [6, 6.07) is 5.28. The molecule has 2 saturated heterocycles. The minimum Gasteiger partial charge on any atom is -0.334 e. The van der Waals surface area contributed by atoms with Gasteiger partial charge in [0, 0.05) is 36.2 Å². The molecule has 1 spiro atoms. The van der Waals surface area contributed by atoms with Gasteiger partial charge in [-0.3, -0.25) is 0 Å². The van der Waals surface area contributed by atoms with Gasteiger partial charge in [0.2, 0.25) is 0 Å². The average Bonchev–Trinajstić information content (AvgIpc) is 2.24. The Bertz CT molecular complexity index is 511. The number of amides is 2. The minimum atomic E-state index is -0.0150. The first-order valence-electron chi connectivity index (χ1n) is 6.31. The Labute approximate surface area is 122 Å². The van der Waals surface area contributed by atoms with Crippen LogP contribution in [0.1, 0.15) is 12.0 Å². The van der Waals surface area contributed by atoms with Crippen molar-refractivity contribution < 1.29 is 4.79 Å². The molecule has 19 heavy (non-hydrogen) atoms. The predicted molar refractivity (Wildman–Crippen MR) is 75.6 cm³/mol. The molecule has 2 amide bonds. The number of carbonyl (C=O) groups excluding carboxylic acids is 1. The molecule has 4 nitrogen and oxygen atoms in total. The number of nitrogens with zero attached hydrogens (tertiary/aromatic N) is 1. The largest absolute Gasteiger partial charge is 0.334 e. The van der Waals surface area contributed by atoms with Crippen molar-refractivity contribution in [1.29, 1.82) is 0 Å². The van der Waals surface area contributed by atoms with Gasteiger partial charge in [-0.1, -0.05) is 29.3 Å². The highest BCUT2D eigenvalue weighted by molar-refractivity contribution is 6.35. The predicted octanol–water partition coefficient (Wildman–Crippen LogP) is 2.25. The Hall–Kier alpha value is -0.970. The van der Waals surface area contributed by atoms with Crippen LogP contribution in [-0.4, -0.2) is 36.1 Å². The van der Waals surface area contributed by atoms with Crippen molar-refractivity contribution in [1.82, 2.24) is 15.5 Å². The van der Waals surface area contributed by atoms with Gasteiger partial charge < -0.3 is 15.5 Å². The monoisotopic (exact) mass is 299 g/mol. The van der Waals surface area contributed by atoms with Crippen LogP contribution in [0.4, 0.5) is 4.79 Å². The third-order valence-corrected chi connectivity index (χ3v) is 4.56. The van der Waals surface area contributed by atoms with Crippen molar-refractivity contribution in [2.45, 2.75) is 18.5 Å². The summed E-state index contributed by atoms with van der Waals surface area (Å²) in [5.41, 5.74) is 0.953. The van der Waals surface area contributed by atoms with Gasteiger partial charge in [-0.05, 0) is 24.1 Å². The maximum absolute atomic E-state index is 12.1. The highest BCUT2D eigenvalue weighted by Crippen LogP contribution is 2.34. The number of benzene rings is 1. The summed E-state index contributed by atoms with van der Waals surface area (Å²) < 4.78 is 0. The van der Waals surface area contributed by atoms with Crippen molar-refractivity contribution in [3.8, 4) is 0 Å². The summed E-state index contributed by atoms with van der Waals surface area (Å²) in [6.07, 6.45) is 1.09. The standard InChI is InChI=1S/C13H15Cl2N3O/c14-10-2-1-9(11(15)5-10)6-17-12(19)18-4-3-13(18)7-16-8-13/h1-2,5,16H,3-4,6-8H2,(H,17,19). The van der Waals surface area contributed by atoms with E-state index < -0.39 is 0 Å². The Morgan fingerprint density at radius 2 is 2.21 bits per heavy atom. The highest BCUT2D eigenvalue weighted by Gasteiger charge is 2.51. The number of likely N-dealkylation sites (tertiary alicyclic amines) is 1. The van der Waals surface area contributed by atoms with Gasteiger partial charge >= 0.3 is 6.03 Å². The zero-order valence-corrected chi connectivity index (χ0v) is 11.9. The van der Waals surface area contributed by atoms with E-state index in [0.717, 1.165) is 31.6 Å². The number of rotatable bonds is 2. The molecular weight excluding hydrogens is 285 g/mol. The Balaban J connectivity index is 1.58.